The first-order chi connectivity index (χ1) is 13.5. The van der Waals surface area contributed by atoms with Crippen molar-refractivity contribution in [3.05, 3.63) is 41.5 Å². The standard InChI is InChI=1S/C23H32N2O3/c1-4-22(28)24(3)14-20-23(21(15-26)25(20)16(2)27)19-12-10-18(11-13-19)17-8-6-5-7-9-17/h8,10-13,20-21,23,26H,4-7,9,14-15H2,1-3H3/t20-,21+,23-/m0/s1. The second-order valence-corrected chi connectivity index (χ2v) is 7.99. The van der Waals surface area contributed by atoms with Gasteiger partial charge in [0.15, 0.2) is 0 Å². The Labute approximate surface area is 168 Å². The minimum absolute atomic E-state index is 0.0374. The van der Waals surface area contributed by atoms with Gasteiger partial charge in [-0.25, -0.2) is 0 Å². The van der Waals surface area contributed by atoms with Gasteiger partial charge in [0.25, 0.3) is 0 Å². The summed E-state index contributed by atoms with van der Waals surface area (Å²) in [6, 6.07) is 8.25. The van der Waals surface area contributed by atoms with E-state index in [1.54, 1.807) is 16.8 Å². The number of carbonyl (C=O) groups excluding carboxylic acids is 2. The maximum Gasteiger partial charge on any atom is 0.222 e. The van der Waals surface area contributed by atoms with Crippen LogP contribution in [0, 0.1) is 0 Å². The van der Waals surface area contributed by atoms with Crippen LogP contribution >= 0.6 is 0 Å². The van der Waals surface area contributed by atoms with Crippen LogP contribution in [0.1, 0.15) is 63.0 Å². The summed E-state index contributed by atoms with van der Waals surface area (Å²) in [5, 5.41) is 9.92. The lowest BCUT2D eigenvalue weighted by molar-refractivity contribution is -0.151. The number of amides is 2. The van der Waals surface area contributed by atoms with E-state index in [2.05, 4.69) is 30.3 Å². The maximum absolute atomic E-state index is 12.2. The fraction of sp³-hybridized carbons (Fsp3) is 0.565. The Balaban J connectivity index is 1.83. The van der Waals surface area contributed by atoms with Gasteiger partial charge in [0, 0.05) is 32.9 Å². The van der Waals surface area contributed by atoms with Gasteiger partial charge < -0.3 is 14.9 Å². The molecule has 152 valence electrons. The summed E-state index contributed by atoms with van der Waals surface area (Å²) in [7, 11) is 1.78. The molecule has 3 rings (SSSR count). The molecule has 1 saturated heterocycles. The molecule has 28 heavy (non-hydrogen) atoms. The number of nitrogens with zero attached hydrogens (tertiary/aromatic N) is 2. The van der Waals surface area contributed by atoms with Crippen molar-refractivity contribution in [3.8, 4) is 0 Å². The van der Waals surface area contributed by atoms with E-state index in [0.717, 1.165) is 18.4 Å². The second kappa shape index (κ2) is 8.91. The quantitative estimate of drug-likeness (QED) is 0.819. The largest absolute Gasteiger partial charge is 0.394 e. The first-order valence-corrected chi connectivity index (χ1v) is 10.4. The Morgan fingerprint density at radius 3 is 2.43 bits per heavy atom. The molecule has 0 aromatic heterocycles. The normalized spacial score (nSPS) is 24.4. The summed E-state index contributed by atoms with van der Waals surface area (Å²) in [6.07, 6.45) is 7.59. The number of likely N-dealkylation sites (tertiary alicyclic amines) is 1. The first-order valence-electron chi connectivity index (χ1n) is 10.4. The molecule has 2 aliphatic rings. The molecule has 5 heteroatoms. The van der Waals surface area contributed by atoms with Gasteiger partial charge >= 0.3 is 0 Å². The second-order valence-electron chi connectivity index (χ2n) is 7.99. The van der Waals surface area contributed by atoms with Gasteiger partial charge in [-0.1, -0.05) is 37.3 Å². The molecule has 0 unspecified atom stereocenters. The van der Waals surface area contributed by atoms with Gasteiger partial charge in [0.2, 0.25) is 11.8 Å². The summed E-state index contributed by atoms with van der Waals surface area (Å²) in [4.78, 5) is 27.6. The molecule has 3 atom stereocenters. The molecule has 1 aliphatic heterocycles. The van der Waals surface area contributed by atoms with Crippen molar-refractivity contribution in [2.24, 2.45) is 0 Å². The summed E-state index contributed by atoms with van der Waals surface area (Å²) in [5.41, 5.74) is 3.81. The topological polar surface area (TPSA) is 60.9 Å². The van der Waals surface area contributed by atoms with Gasteiger partial charge in [0.1, 0.15) is 0 Å². The van der Waals surface area contributed by atoms with Crippen molar-refractivity contribution in [1.82, 2.24) is 9.80 Å². The van der Waals surface area contributed by atoms with Gasteiger partial charge in [0.05, 0.1) is 18.7 Å². The number of hydrogen-bond donors (Lipinski definition) is 1. The van der Waals surface area contributed by atoms with Crippen molar-refractivity contribution in [2.75, 3.05) is 20.2 Å². The SMILES string of the molecule is CCC(=O)N(C)C[C@H]1[C@H](c2ccc(C3=CCCCC3)cc2)[C@@H](CO)N1C(C)=O. The summed E-state index contributed by atoms with van der Waals surface area (Å²) >= 11 is 0. The zero-order valence-corrected chi connectivity index (χ0v) is 17.2. The molecule has 1 aromatic carbocycles. The molecule has 0 saturated carbocycles. The van der Waals surface area contributed by atoms with Crippen LogP contribution in [0.3, 0.4) is 0 Å². The summed E-state index contributed by atoms with van der Waals surface area (Å²) in [6.45, 7) is 3.79. The molecule has 1 fully saturated rings. The lowest BCUT2D eigenvalue weighted by Crippen LogP contribution is -2.68. The Kier molecular flexibility index (Phi) is 6.55. The van der Waals surface area contributed by atoms with Crippen LogP contribution in [0.2, 0.25) is 0 Å². The Morgan fingerprint density at radius 1 is 1.18 bits per heavy atom. The van der Waals surface area contributed by atoms with E-state index in [1.165, 1.54) is 30.9 Å². The number of likely N-dealkylation sites (N-methyl/N-ethyl adjacent to an activating group) is 1. The third-order valence-electron chi connectivity index (χ3n) is 6.24. The fourth-order valence-electron chi connectivity index (χ4n) is 4.73. The molecule has 0 radical (unpaired) electrons. The molecule has 1 aromatic rings. The minimum atomic E-state index is -0.229. The number of rotatable bonds is 6. The predicted molar refractivity (Wildman–Crippen MR) is 111 cm³/mol. The predicted octanol–water partition coefficient (Wildman–Crippen LogP) is 3.19. The Hall–Kier alpha value is -2.14. The molecule has 0 bridgehead atoms. The van der Waals surface area contributed by atoms with E-state index >= 15 is 0 Å². The lowest BCUT2D eigenvalue weighted by atomic mass is 9.74. The van der Waals surface area contributed by atoms with Gasteiger partial charge in [-0.3, -0.25) is 9.59 Å². The molecule has 2 amide bonds. The maximum atomic E-state index is 12.2. The van der Waals surface area contributed by atoms with Crippen LogP contribution in [0.15, 0.2) is 30.3 Å². The molecule has 5 nitrogen and oxygen atoms in total. The zero-order chi connectivity index (χ0) is 20.3. The van der Waals surface area contributed by atoms with E-state index in [9.17, 15) is 14.7 Å². The Bertz CT molecular complexity index is 741. The number of aliphatic hydroxyl groups excluding tert-OH is 1. The van der Waals surface area contributed by atoms with Crippen molar-refractivity contribution >= 4 is 17.4 Å². The third-order valence-corrected chi connectivity index (χ3v) is 6.24. The highest BCUT2D eigenvalue weighted by atomic mass is 16.3. The van der Waals surface area contributed by atoms with Crippen LogP contribution in [-0.2, 0) is 9.59 Å². The van der Waals surface area contributed by atoms with Crippen LogP contribution in [0.25, 0.3) is 5.57 Å². The van der Waals surface area contributed by atoms with E-state index in [-0.39, 0.29) is 36.4 Å². The molecule has 1 heterocycles. The minimum Gasteiger partial charge on any atom is -0.394 e. The van der Waals surface area contributed by atoms with E-state index in [4.69, 9.17) is 0 Å². The van der Waals surface area contributed by atoms with Gasteiger partial charge in [-0.15, -0.1) is 0 Å². The van der Waals surface area contributed by atoms with Gasteiger partial charge in [-0.2, -0.15) is 0 Å². The molecule has 1 aliphatic carbocycles. The van der Waals surface area contributed by atoms with E-state index < -0.39 is 0 Å². The zero-order valence-electron chi connectivity index (χ0n) is 17.2. The van der Waals surface area contributed by atoms with Crippen LogP contribution in [0.5, 0.6) is 0 Å². The number of aliphatic hydroxyl groups is 1. The van der Waals surface area contributed by atoms with Crippen LogP contribution < -0.4 is 0 Å². The highest BCUT2D eigenvalue weighted by Crippen LogP contribution is 2.41. The molecule has 0 spiro atoms. The fourth-order valence-corrected chi connectivity index (χ4v) is 4.73. The lowest BCUT2D eigenvalue weighted by Gasteiger charge is -2.55. The number of carbonyl (C=O) groups is 2. The average molecular weight is 385 g/mol. The monoisotopic (exact) mass is 384 g/mol. The summed E-state index contributed by atoms with van der Waals surface area (Å²) in [5.74, 6) is 0.0475. The third kappa shape index (κ3) is 4.00. The van der Waals surface area contributed by atoms with Crippen molar-refractivity contribution in [1.29, 1.82) is 0 Å². The van der Waals surface area contributed by atoms with Crippen molar-refractivity contribution in [3.63, 3.8) is 0 Å². The molecule has 1 N–H and O–H groups in total. The number of allylic oxidation sites excluding steroid dienone is 2. The highest BCUT2D eigenvalue weighted by molar-refractivity contribution is 5.77. The summed E-state index contributed by atoms with van der Waals surface area (Å²) < 4.78 is 0. The van der Waals surface area contributed by atoms with Crippen molar-refractivity contribution < 1.29 is 14.7 Å². The average Bonchev–Trinajstić information content (AvgIpc) is 2.70. The van der Waals surface area contributed by atoms with E-state index in [1.807, 2.05) is 6.92 Å². The Morgan fingerprint density at radius 2 is 1.89 bits per heavy atom. The highest BCUT2D eigenvalue weighted by Gasteiger charge is 2.50. The smallest absolute Gasteiger partial charge is 0.222 e. The van der Waals surface area contributed by atoms with Crippen LogP contribution in [-0.4, -0.2) is 59.0 Å². The number of hydrogen-bond acceptors (Lipinski definition) is 3. The van der Waals surface area contributed by atoms with Gasteiger partial charge in [-0.05, 0) is 42.4 Å². The van der Waals surface area contributed by atoms with E-state index in [0.29, 0.717) is 13.0 Å². The van der Waals surface area contributed by atoms with Crippen LogP contribution in [0.4, 0.5) is 0 Å². The molecular weight excluding hydrogens is 352 g/mol. The number of benzene rings is 1. The first kappa shape index (κ1) is 20.6. The van der Waals surface area contributed by atoms with Crippen molar-refractivity contribution in [2.45, 2.75) is 64.0 Å². The molecular formula is C23H32N2O3.